The van der Waals surface area contributed by atoms with E-state index in [1.165, 1.54) is 19.6 Å². The average Bonchev–Trinajstić information content (AvgIpc) is 2.29. The van der Waals surface area contributed by atoms with Gasteiger partial charge in [0.05, 0.1) is 25.3 Å². The Morgan fingerprint density at radius 2 is 2.31 bits per heavy atom. The number of halogens is 1. The second-order valence-corrected chi connectivity index (χ2v) is 3.36. The van der Waals surface area contributed by atoms with Crippen molar-refractivity contribution in [2.24, 2.45) is 0 Å². The van der Waals surface area contributed by atoms with E-state index in [4.69, 9.17) is 17.0 Å². The highest BCUT2D eigenvalue weighted by Crippen LogP contribution is 2.28. The van der Waals surface area contributed by atoms with Crippen LogP contribution in [0, 0.1) is 10.5 Å². The van der Waals surface area contributed by atoms with Gasteiger partial charge in [-0.1, -0.05) is 12.2 Å². The van der Waals surface area contributed by atoms with E-state index in [1.807, 2.05) is 0 Å². The standard InChI is InChI=1S/C10H8FN3OS/c1-15-9-8(13-5-14-10(9)16)6-2-3-12-4-7(6)11/h2-5H,1H3,(H,13,14,16). The minimum absolute atomic E-state index is 0.285. The summed E-state index contributed by atoms with van der Waals surface area (Å²) in [4.78, 5) is 10.4. The van der Waals surface area contributed by atoms with Gasteiger partial charge in [0.1, 0.15) is 0 Å². The van der Waals surface area contributed by atoms with Crippen LogP contribution in [-0.2, 0) is 0 Å². The maximum absolute atomic E-state index is 13.5. The molecule has 0 spiro atoms. The summed E-state index contributed by atoms with van der Waals surface area (Å²) in [6.45, 7) is 0. The molecule has 0 saturated heterocycles. The highest BCUT2D eigenvalue weighted by Gasteiger charge is 2.12. The zero-order valence-corrected chi connectivity index (χ0v) is 9.21. The molecule has 82 valence electrons. The molecule has 6 heteroatoms. The minimum atomic E-state index is -0.447. The Hall–Kier alpha value is -1.82. The molecule has 0 fully saturated rings. The van der Waals surface area contributed by atoms with E-state index in [0.717, 1.165) is 6.20 Å². The lowest BCUT2D eigenvalue weighted by molar-refractivity contribution is 0.410. The van der Waals surface area contributed by atoms with E-state index < -0.39 is 5.82 Å². The zero-order valence-electron chi connectivity index (χ0n) is 8.40. The summed E-state index contributed by atoms with van der Waals surface area (Å²) >= 11 is 4.99. The Kier molecular flexibility index (Phi) is 2.91. The van der Waals surface area contributed by atoms with Crippen molar-refractivity contribution in [1.29, 1.82) is 0 Å². The number of aromatic amines is 1. The number of hydrogen-bond donors (Lipinski definition) is 1. The molecule has 0 amide bonds. The topological polar surface area (TPSA) is 50.8 Å². The second kappa shape index (κ2) is 4.36. The Morgan fingerprint density at radius 3 is 3.00 bits per heavy atom. The predicted molar refractivity (Wildman–Crippen MR) is 59.2 cm³/mol. The summed E-state index contributed by atoms with van der Waals surface area (Å²) in [5.41, 5.74) is 0.808. The lowest BCUT2D eigenvalue weighted by Crippen LogP contribution is -1.96. The molecular formula is C10H8FN3OS. The first-order valence-corrected chi connectivity index (χ1v) is 4.86. The van der Waals surface area contributed by atoms with Gasteiger partial charge in [0.2, 0.25) is 0 Å². The van der Waals surface area contributed by atoms with E-state index in [1.54, 1.807) is 6.07 Å². The van der Waals surface area contributed by atoms with Crippen molar-refractivity contribution in [2.75, 3.05) is 7.11 Å². The van der Waals surface area contributed by atoms with Crippen LogP contribution in [0.25, 0.3) is 11.3 Å². The molecule has 1 N–H and O–H groups in total. The highest BCUT2D eigenvalue weighted by molar-refractivity contribution is 7.71. The first-order valence-electron chi connectivity index (χ1n) is 4.45. The summed E-state index contributed by atoms with van der Waals surface area (Å²) in [6.07, 6.45) is 4.03. The summed E-state index contributed by atoms with van der Waals surface area (Å²) in [5, 5.41) is 0. The number of H-pyrrole nitrogens is 1. The number of hydrogen-bond acceptors (Lipinski definition) is 4. The molecule has 0 radical (unpaired) electrons. The quantitative estimate of drug-likeness (QED) is 0.814. The van der Waals surface area contributed by atoms with Crippen LogP contribution in [0.3, 0.4) is 0 Å². The van der Waals surface area contributed by atoms with Gasteiger partial charge in [-0.3, -0.25) is 4.98 Å². The number of pyridine rings is 1. The SMILES string of the molecule is COc1c(-c2ccncc2F)[nH]cnc1=S. The maximum Gasteiger partial charge on any atom is 0.179 e. The third-order valence-electron chi connectivity index (χ3n) is 2.06. The number of rotatable bonds is 2. The molecule has 0 aromatic carbocycles. The summed E-state index contributed by atoms with van der Waals surface area (Å²) < 4.78 is 18.9. The third-order valence-corrected chi connectivity index (χ3v) is 2.35. The van der Waals surface area contributed by atoms with E-state index in [2.05, 4.69) is 15.0 Å². The molecule has 2 aromatic rings. The lowest BCUT2D eigenvalue weighted by atomic mass is 10.2. The molecule has 0 saturated carbocycles. The van der Waals surface area contributed by atoms with Crippen molar-refractivity contribution >= 4 is 12.2 Å². The number of aromatic nitrogens is 3. The van der Waals surface area contributed by atoms with Gasteiger partial charge in [-0.25, -0.2) is 9.37 Å². The fourth-order valence-electron chi connectivity index (χ4n) is 1.35. The number of nitrogens with one attached hydrogen (secondary N) is 1. The Labute approximate surface area is 96.2 Å². The fraction of sp³-hybridized carbons (Fsp3) is 0.100. The molecule has 2 aromatic heterocycles. The van der Waals surface area contributed by atoms with E-state index in [-0.39, 0.29) is 4.64 Å². The molecule has 0 bridgehead atoms. The van der Waals surface area contributed by atoms with Crippen LogP contribution in [0.4, 0.5) is 4.39 Å². The summed E-state index contributed by atoms with van der Waals surface area (Å²) in [6, 6.07) is 1.54. The van der Waals surface area contributed by atoms with Gasteiger partial charge in [0.25, 0.3) is 0 Å². The zero-order chi connectivity index (χ0) is 11.5. The van der Waals surface area contributed by atoms with Gasteiger partial charge in [0.15, 0.2) is 16.2 Å². The molecule has 0 atom stereocenters. The molecular weight excluding hydrogens is 229 g/mol. The minimum Gasteiger partial charge on any atom is -0.491 e. The van der Waals surface area contributed by atoms with Crippen LogP contribution in [0.2, 0.25) is 0 Å². The van der Waals surface area contributed by atoms with Crippen molar-refractivity contribution in [3.8, 4) is 17.0 Å². The Bertz CT molecular complexity index is 570. The smallest absolute Gasteiger partial charge is 0.179 e. The van der Waals surface area contributed by atoms with Crippen molar-refractivity contribution in [1.82, 2.24) is 15.0 Å². The van der Waals surface area contributed by atoms with Gasteiger partial charge in [-0.05, 0) is 6.07 Å². The van der Waals surface area contributed by atoms with Crippen molar-refractivity contribution < 1.29 is 9.13 Å². The molecule has 4 nitrogen and oxygen atoms in total. The molecule has 16 heavy (non-hydrogen) atoms. The Balaban J connectivity index is 2.70. The predicted octanol–water partition coefficient (Wildman–Crippen LogP) is 2.35. The largest absolute Gasteiger partial charge is 0.491 e. The number of nitrogens with zero attached hydrogens (tertiary/aromatic N) is 2. The van der Waals surface area contributed by atoms with Gasteiger partial charge >= 0.3 is 0 Å². The molecule has 0 aliphatic carbocycles. The van der Waals surface area contributed by atoms with Crippen LogP contribution in [0.1, 0.15) is 0 Å². The van der Waals surface area contributed by atoms with Crippen LogP contribution < -0.4 is 4.74 Å². The fourth-order valence-corrected chi connectivity index (χ4v) is 1.59. The van der Waals surface area contributed by atoms with Gasteiger partial charge in [0, 0.05) is 11.8 Å². The summed E-state index contributed by atoms with van der Waals surface area (Å²) in [7, 11) is 1.46. The molecule has 2 rings (SSSR count). The van der Waals surface area contributed by atoms with Gasteiger partial charge < -0.3 is 9.72 Å². The van der Waals surface area contributed by atoms with Gasteiger partial charge in [-0.2, -0.15) is 0 Å². The molecule has 0 unspecified atom stereocenters. The summed E-state index contributed by atoms with van der Waals surface area (Å²) in [5.74, 6) is -0.0970. The number of ether oxygens (including phenoxy) is 1. The average molecular weight is 237 g/mol. The first-order chi connectivity index (χ1) is 7.74. The van der Waals surface area contributed by atoms with E-state index >= 15 is 0 Å². The highest BCUT2D eigenvalue weighted by atomic mass is 32.1. The Morgan fingerprint density at radius 1 is 1.50 bits per heavy atom. The first kappa shape index (κ1) is 10.7. The monoisotopic (exact) mass is 237 g/mol. The lowest BCUT2D eigenvalue weighted by Gasteiger charge is -2.08. The molecule has 2 heterocycles. The second-order valence-electron chi connectivity index (χ2n) is 2.97. The molecule has 0 aliphatic rings. The normalized spacial score (nSPS) is 10.1. The number of methoxy groups -OCH3 is 1. The van der Waals surface area contributed by atoms with Crippen LogP contribution >= 0.6 is 12.2 Å². The maximum atomic E-state index is 13.5. The van der Waals surface area contributed by atoms with Crippen LogP contribution in [-0.4, -0.2) is 22.1 Å². The van der Waals surface area contributed by atoms with Crippen LogP contribution in [0.5, 0.6) is 5.75 Å². The molecule has 0 aliphatic heterocycles. The van der Waals surface area contributed by atoms with E-state index in [0.29, 0.717) is 17.0 Å². The van der Waals surface area contributed by atoms with E-state index in [9.17, 15) is 4.39 Å². The van der Waals surface area contributed by atoms with Crippen molar-refractivity contribution in [3.05, 3.63) is 35.2 Å². The van der Waals surface area contributed by atoms with Gasteiger partial charge in [-0.15, -0.1) is 0 Å². The third kappa shape index (κ3) is 1.79. The van der Waals surface area contributed by atoms with Crippen molar-refractivity contribution in [2.45, 2.75) is 0 Å². The van der Waals surface area contributed by atoms with Crippen molar-refractivity contribution in [3.63, 3.8) is 0 Å². The van der Waals surface area contributed by atoms with Crippen LogP contribution in [0.15, 0.2) is 24.8 Å².